The molecule has 1 N–H and O–H groups in total. The van der Waals surface area contributed by atoms with Crippen LogP contribution in [0.4, 0.5) is 0 Å². The van der Waals surface area contributed by atoms with Gasteiger partial charge in [-0.05, 0) is 32.6 Å². The molecule has 102 valence electrons. The Morgan fingerprint density at radius 3 is 3.06 bits per heavy atom. The molecule has 1 saturated heterocycles. The van der Waals surface area contributed by atoms with Crippen molar-refractivity contribution in [1.29, 1.82) is 0 Å². The smallest absolute Gasteiger partial charge is 0.111 e. The molecule has 0 spiro atoms. The Hall–Kier alpha value is -0.870. The van der Waals surface area contributed by atoms with Gasteiger partial charge in [-0.1, -0.05) is 6.92 Å². The van der Waals surface area contributed by atoms with Crippen LogP contribution >= 0.6 is 0 Å². The molecule has 1 aromatic rings. The summed E-state index contributed by atoms with van der Waals surface area (Å²) in [6.45, 7) is 5.88. The van der Waals surface area contributed by atoms with E-state index in [1.54, 1.807) is 0 Å². The summed E-state index contributed by atoms with van der Waals surface area (Å²) in [6, 6.07) is 0. The van der Waals surface area contributed by atoms with E-state index in [2.05, 4.69) is 16.5 Å². The van der Waals surface area contributed by atoms with Gasteiger partial charge in [0.1, 0.15) is 5.82 Å². The molecular formula is C14H24N2O2. The summed E-state index contributed by atoms with van der Waals surface area (Å²) < 4.78 is 7.91. The number of nitrogens with zero attached hydrogens (tertiary/aromatic N) is 2. The first-order valence-electron chi connectivity index (χ1n) is 6.98. The number of hydrogen-bond donors (Lipinski definition) is 1. The lowest BCUT2D eigenvalue weighted by Crippen LogP contribution is -2.46. The van der Waals surface area contributed by atoms with Crippen molar-refractivity contribution in [3.05, 3.63) is 18.2 Å². The summed E-state index contributed by atoms with van der Waals surface area (Å²) in [5.41, 5.74) is -0.402. The monoisotopic (exact) mass is 252 g/mol. The van der Waals surface area contributed by atoms with Crippen LogP contribution in [0.15, 0.2) is 12.4 Å². The molecule has 1 aromatic heterocycles. The Kier molecular flexibility index (Phi) is 4.40. The van der Waals surface area contributed by atoms with Gasteiger partial charge in [-0.3, -0.25) is 0 Å². The second kappa shape index (κ2) is 5.85. The zero-order chi connectivity index (χ0) is 13.0. The van der Waals surface area contributed by atoms with Crippen molar-refractivity contribution in [2.24, 2.45) is 0 Å². The lowest BCUT2D eigenvalue weighted by Gasteiger charge is -2.37. The molecule has 1 aliphatic heterocycles. The molecule has 2 unspecified atom stereocenters. The molecule has 2 heterocycles. The third-order valence-corrected chi connectivity index (χ3v) is 3.85. The van der Waals surface area contributed by atoms with Crippen molar-refractivity contribution in [1.82, 2.24) is 9.55 Å². The SMILES string of the molecule is CCCn1ccnc1CC(O)C1(C)CCCCO1. The third kappa shape index (κ3) is 2.93. The summed E-state index contributed by atoms with van der Waals surface area (Å²) in [7, 11) is 0. The molecule has 1 fully saturated rings. The van der Waals surface area contributed by atoms with Crippen molar-refractivity contribution in [3.63, 3.8) is 0 Å². The molecule has 0 saturated carbocycles. The van der Waals surface area contributed by atoms with Crippen LogP contribution < -0.4 is 0 Å². The second-order valence-corrected chi connectivity index (χ2v) is 5.38. The van der Waals surface area contributed by atoms with Crippen LogP contribution in [0, 0.1) is 0 Å². The molecule has 0 radical (unpaired) electrons. The minimum absolute atomic E-state index is 0.402. The van der Waals surface area contributed by atoms with E-state index < -0.39 is 11.7 Å². The van der Waals surface area contributed by atoms with E-state index in [-0.39, 0.29) is 0 Å². The Morgan fingerprint density at radius 1 is 1.56 bits per heavy atom. The molecular weight excluding hydrogens is 228 g/mol. The Morgan fingerprint density at radius 2 is 2.39 bits per heavy atom. The normalized spacial score (nSPS) is 26.2. The van der Waals surface area contributed by atoms with Gasteiger partial charge >= 0.3 is 0 Å². The summed E-state index contributed by atoms with van der Waals surface area (Å²) >= 11 is 0. The summed E-state index contributed by atoms with van der Waals surface area (Å²) in [6.07, 6.45) is 8.14. The minimum atomic E-state index is -0.476. The lowest BCUT2D eigenvalue weighted by molar-refractivity contribution is -0.136. The van der Waals surface area contributed by atoms with Crippen LogP contribution in [-0.2, 0) is 17.7 Å². The van der Waals surface area contributed by atoms with Crippen molar-refractivity contribution in [2.45, 2.75) is 64.2 Å². The largest absolute Gasteiger partial charge is 0.390 e. The molecule has 1 aliphatic rings. The van der Waals surface area contributed by atoms with Crippen molar-refractivity contribution in [3.8, 4) is 0 Å². The molecule has 18 heavy (non-hydrogen) atoms. The minimum Gasteiger partial charge on any atom is -0.390 e. The highest BCUT2D eigenvalue weighted by Crippen LogP contribution is 2.29. The quantitative estimate of drug-likeness (QED) is 0.873. The number of hydrogen-bond acceptors (Lipinski definition) is 3. The molecule has 2 atom stereocenters. The first-order valence-corrected chi connectivity index (χ1v) is 6.98. The zero-order valence-corrected chi connectivity index (χ0v) is 11.4. The van der Waals surface area contributed by atoms with E-state index >= 15 is 0 Å². The van der Waals surface area contributed by atoms with Crippen LogP contribution in [0.5, 0.6) is 0 Å². The fraction of sp³-hybridized carbons (Fsp3) is 0.786. The Balaban J connectivity index is 2.01. The average Bonchev–Trinajstić information content (AvgIpc) is 2.78. The summed E-state index contributed by atoms with van der Waals surface area (Å²) in [5, 5.41) is 10.4. The van der Waals surface area contributed by atoms with E-state index in [1.807, 2.05) is 19.3 Å². The zero-order valence-electron chi connectivity index (χ0n) is 11.4. The lowest BCUT2D eigenvalue weighted by atomic mass is 9.88. The highest BCUT2D eigenvalue weighted by molar-refractivity contribution is 4.99. The number of aliphatic hydroxyl groups is 1. The predicted octanol–water partition coefficient (Wildman–Crippen LogP) is 2.16. The number of aromatic nitrogens is 2. The van der Waals surface area contributed by atoms with Crippen LogP contribution in [0.3, 0.4) is 0 Å². The maximum Gasteiger partial charge on any atom is 0.111 e. The first-order chi connectivity index (χ1) is 8.65. The molecule has 4 heteroatoms. The van der Waals surface area contributed by atoms with Gasteiger partial charge < -0.3 is 14.4 Å². The van der Waals surface area contributed by atoms with Crippen LogP contribution in [0.1, 0.15) is 45.4 Å². The number of ether oxygens (including phenoxy) is 1. The molecule has 0 aromatic carbocycles. The number of rotatable bonds is 5. The van der Waals surface area contributed by atoms with Gasteiger partial charge in [0, 0.05) is 32.0 Å². The van der Waals surface area contributed by atoms with Crippen LogP contribution in [0.25, 0.3) is 0 Å². The predicted molar refractivity (Wildman–Crippen MR) is 70.4 cm³/mol. The van der Waals surface area contributed by atoms with E-state index in [0.717, 1.165) is 44.7 Å². The fourth-order valence-electron chi connectivity index (χ4n) is 2.58. The van der Waals surface area contributed by atoms with Gasteiger partial charge in [-0.15, -0.1) is 0 Å². The van der Waals surface area contributed by atoms with Crippen molar-refractivity contribution in [2.75, 3.05) is 6.61 Å². The average molecular weight is 252 g/mol. The second-order valence-electron chi connectivity index (χ2n) is 5.38. The van der Waals surface area contributed by atoms with Gasteiger partial charge in [0.2, 0.25) is 0 Å². The molecule has 0 bridgehead atoms. The van der Waals surface area contributed by atoms with E-state index in [9.17, 15) is 5.11 Å². The standard InChI is InChI=1S/C14H24N2O2/c1-3-8-16-9-7-15-13(16)11-12(17)14(2)6-4-5-10-18-14/h7,9,12,17H,3-6,8,10-11H2,1-2H3. The summed E-state index contributed by atoms with van der Waals surface area (Å²) in [5.74, 6) is 0.958. The first kappa shape index (κ1) is 13.6. The number of aliphatic hydroxyl groups excluding tert-OH is 1. The van der Waals surface area contributed by atoms with Crippen molar-refractivity contribution >= 4 is 0 Å². The Labute approximate surface area is 109 Å². The van der Waals surface area contributed by atoms with E-state index in [0.29, 0.717) is 6.42 Å². The van der Waals surface area contributed by atoms with Gasteiger partial charge in [0.15, 0.2) is 0 Å². The van der Waals surface area contributed by atoms with Crippen LogP contribution in [0.2, 0.25) is 0 Å². The highest BCUT2D eigenvalue weighted by atomic mass is 16.5. The molecule has 0 aliphatic carbocycles. The highest BCUT2D eigenvalue weighted by Gasteiger charge is 2.36. The fourth-order valence-corrected chi connectivity index (χ4v) is 2.58. The topological polar surface area (TPSA) is 47.3 Å². The molecule has 2 rings (SSSR count). The van der Waals surface area contributed by atoms with Gasteiger partial charge in [0.05, 0.1) is 11.7 Å². The molecule has 0 amide bonds. The van der Waals surface area contributed by atoms with Crippen LogP contribution in [-0.4, -0.2) is 33.0 Å². The van der Waals surface area contributed by atoms with Crippen molar-refractivity contribution < 1.29 is 9.84 Å². The number of aryl methyl sites for hydroxylation is 1. The molecule has 4 nitrogen and oxygen atoms in total. The van der Waals surface area contributed by atoms with Gasteiger partial charge in [-0.25, -0.2) is 4.98 Å². The maximum absolute atomic E-state index is 10.4. The third-order valence-electron chi connectivity index (χ3n) is 3.85. The summed E-state index contributed by atoms with van der Waals surface area (Å²) in [4.78, 5) is 4.35. The van der Waals surface area contributed by atoms with Gasteiger partial charge in [-0.2, -0.15) is 0 Å². The Bertz CT molecular complexity index is 370. The van der Waals surface area contributed by atoms with E-state index in [4.69, 9.17) is 4.74 Å². The van der Waals surface area contributed by atoms with E-state index in [1.165, 1.54) is 0 Å². The van der Waals surface area contributed by atoms with Gasteiger partial charge in [0.25, 0.3) is 0 Å². The maximum atomic E-state index is 10.4. The number of imidazole rings is 1.